The molecule has 1 aliphatic heterocycles. The van der Waals surface area contributed by atoms with Crippen molar-refractivity contribution in [3.05, 3.63) is 54.1 Å². The van der Waals surface area contributed by atoms with E-state index in [4.69, 9.17) is 4.98 Å². The lowest BCUT2D eigenvalue weighted by Gasteiger charge is -2.34. The number of benzene rings is 2. The molecular formula is C21H25N5O2S. The molecule has 0 spiro atoms. The fourth-order valence-electron chi connectivity index (χ4n) is 3.42. The number of piperazine rings is 1. The van der Waals surface area contributed by atoms with Gasteiger partial charge in [-0.3, -0.25) is 0 Å². The highest BCUT2D eigenvalue weighted by Crippen LogP contribution is 2.29. The zero-order valence-corrected chi connectivity index (χ0v) is 17.7. The zero-order valence-electron chi connectivity index (χ0n) is 16.9. The number of sulfonamides is 1. The number of nitrogens with zero attached hydrogens (tertiary/aromatic N) is 5. The van der Waals surface area contributed by atoms with Gasteiger partial charge in [-0.2, -0.15) is 4.98 Å². The van der Waals surface area contributed by atoms with Crippen LogP contribution in [0, 0.1) is 6.92 Å². The topological polar surface area (TPSA) is 69.6 Å². The molecule has 1 fully saturated rings. The molecular weight excluding hydrogens is 386 g/mol. The van der Waals surface area contributed by atoms with Gasteiger partial charge >= 0.3 is 0 Å². The van der Waals surface area contributed by atoms with Gasteiger partial charge < -0.3 is 9.80 Å². The highest BCUT2D eigenvalue weighted by molar-refractivity contribution is 7.92. The summed E-state index contributed by atoms with van der Waals surface area (Å²) in [6.07, 6.45) is 0. The second-order valence-corrected chi connectivity index (χ2v) is 9.41. The molecule has 3 aromatic rings. The molecule has 1 aromatic heterocycles. The lowest BCUT2D eigenvalue weighted by molar-refractivity contribution is 0.312. The van der Waals surface area contributed by atoms with Crippen LogP contribution in [-0.4, -0.2) is 63.6 Å². The van der Waals surface area contributed by atoms with E-state index in [1.165, 1.54) is 11.4 Å². The lowest BCUT2D eigenvalue weighted by Crippen LogP contribution is -2.45. The van der Waals surface area contributed by atoms with Crippen molar-refractivity contribution >= 4 is 32.7 Å². The second kappa shape index (κ2) is 7.61. The van der Waals surface area contributed by atoms with Crippen LogP contribution in [0.2, 0.25) is 0 Å². The molecule has 152 valence electrons. The van der Waals surface area contributed by atoms with E-state index in [9.17, 15) is 8.42 Å². The Morgan fingerprint density at radius 2 is 1.59 bits per heavy atom. The van der Waals surface area contributed by atoms with E-state index < -0.39 is 10.0 Å². The van der Waals surface area contributed by atoms with Crippen LogP contribution in [0.5, 0.6) is 0 Å². The van der Waals surface area contributed by atoms with Gasteiger partial charge in [0, 0.05) is 38.6 Å². The van der Waals surface area contributed by atoms with E-state index in [0.29, 0.717) is 0 Å². The summed E-state index contributed by atoms with van der Waals surface area (Å²) in [5, 5.41) is 0.932. The average molecular weight is 412 g/mol. The monoisotopic (exact) mass is 411 g/mol. The van der Waals surface area contributed by atoms with Crippen LogP contribution in [0.25, 0.3) is 10.9 Å². The summed E-state index contributed by atoms with van der Waals surface area (Å²) in [6, 6.07) is 14.6. The smallest absolute Gasteiger partial charge is 0.266 e. The number of fused-ring (bicyclic) bond motifs is 1. The van der Waals surface area contributed by atoms with Crippen molar-refractivity contribution in [1.82, 2.24) is 14.9 Å². The third-order valence-corrected chi connectivity index (χ3v) is 7.09. The normalized spacial score (nSPS) is 15.6. The van der Waals surface area contributed by atoms with Crippen molar-refractivity contribution in [3.8, 4) is 0 Å². The van der Waals surface area contributed by atoms with Crippen molar-refractivity contribution in [1.29, 1.82) is 0 Å². The first-order chi connectivity index (χ1) is 13.9. The number of rotatable bonds is 4. The summed E-state index contributed by atoms with van der Waals surface area (Å²) in [7, 11) is -0.145. The predicted octanol–water partition coefficient (Wildman–Crippen LogP) is 2.52. The van der Waals surface area contributed by atoms with Gasteiger partial charge in [0.2, 0.25) is 5.95 Å². The molecule has 0 radical (unpaired) electrons. The van der Waals surface area contributed by atoms with Crippen molar-refractivity contribution in [3.63, 3.8) is 0 Å². The van der Waals surface area contributed by atoms with Gasteiger partial charge in [0.05, 0.1) is 10.4 Å². The fourth-order valence-corrected chi connectivity index (χ4v) is 4.52. The molecule has 2 heterocycles. The van der Waals surface area contributed by atoms with E-state index in [1.807, 2.05) is 31.2 Å². The van der Waals surface area contributed by atoms with Crippen LogP contribution in [0.4, 0.5) is 11.8 Å². The van der Waals surface area contributed by atoms with Crippen LogP contribution in [0.3, 0.4) is 0 Å². The minimum absolute atomic E-state index is 0.179. The Labute approximate surface area is 171 Å². The Bertz CT molecular complexity index is 1120. The molecule has 0 aliphatic carbocycles. The number of hydrogen-bond donors (Lipinski definition) is 0. The molecule has 0 unspecified atom stereocenters. The predicted molar refractivity (Wildman–Crippen MR) is 116 cm³/mol. The molecule has 2 aromatic carbocycles. The highest BCUT2D eigenvalue weighted by atomic mass is 32.2. The van der Waals surface area contributed by atoms with Crippen LogP contribution in [-0.2, 0) is 10.0 Å². The number of anilines is 2. The minimum Gasteiger partial charge on any atom is -0.353 e. The maximum absolute atomic E-state index is 13.1. The molecule has 0 N–H and O–H groups in total. The number of aryl methyl sites for hydroxylation is 1. The molecule has 1 saturated heterocycles. The Morgan fingerprint density at radius 3 is 2.28 bits per heavy atom. The number of aromatic nitrogens is 2. The quantitative estimate of drug-likeness (QED) is 0.657. The van der Waals surface area contributed by atoms with E-state index in [-0.39, 0.29) is 10.8 Å². The number of likely N-dealkylation sites (N-methyl/N-ethyl adjacent to an activating group) is 1. The van der Waals surface area contributed by atoms with Gasteiger partial charge in [-0.15, -0.1) is 0 Å². The third-order valence-electron chi connectivity index (χ3n) is 5.34. The molecule has 0 bridgehead atoms. The van der Waals surface area contributed by atoms with Gasteiger partial charge in [0.15, 0.2) is 0 Å². The number of para-hydroxylation sites is 1. The lowest BCUT2D eigenvalue weighted by atomic mass is 10.2. The maximum Gasteiger partial charge on any atom is 0.266 e. The van der Waals surface area contributed by atoms with E-state index in [2.05, 4.69) is 21.8 Å². The first kappa shape index (κ1) is 19.6. The molecule has 1 aliphatic rings. The Hall–Kier alpha value is -2.71. The van der Waals surface area contributed by atoms with Gasteiger partial charge in [0.1, 0.15) is 5.82 Å². The molecule has 0 amide bonds. The third kappa shape index (κ3) is 3.77. The van der Waals surface area contributed by atoms with Crippen LogP contribution >= 0.6 is 0 Å². The number of hydrogen-bond acceptors (Lipinski definition) is 6. The molecule has 4 rings (SSSR count). The maximum atomic E-state index is 13.1. The summed E-state index contributed by atoms with van der Waals surface area (Å²) in [5.41, 5.74) is 1.74. The largest absolute Gasteiger partial charge is 0.353 e. The van der Waals surface area contributed by atoms with Crippen molar-refractivity contribution in [2.45, 2.75) is 11.8 Å². The first-order valence-electron chi connectivity index (χ1n) is 9.62. The van der Waals surface area contributed by atoms with Crippen LogP contribution < -0.4 is 9.21 Å². The summed E-state index contributed by atoms with van der Waals surface area (Å²) >= 11 is 0. The fraction of sp³-hybridized carbons (Fsp3) is 0.333. The van der Waals surface area contributed by atoms with Crippen molar-refractivity contribution < 1.29 is 8.42 Å². The molecule has 0 saturated carbocycles. The van der Waals surface area contributed by atoms with E-state index in [1.54, 1.807) is 24.3 Å². The second-order valence-electron chi connectivity index (χ2n) is 7.44. The van der Waals surface area contributed by atoms with Crippen LogP contribution in [0.15, 0.2) is 53.4 Å². The van der Waals surface area contributed by atoms with Gasteiger partial charge in [-0.05, 0) is 38.2 Å². The van der Waals surface area contributed by atoms with E-state index >= 15 is 0 Å². The molecule has 7 nitrogen and oxygen atoms in total. The molecule has 0 atom stereocenters. The summed E-state index contributed by atoms with van der Waals surface area (Å²) in [6.45, 7) is 5.47. The minimum atomic E-state index is -3.75. The zero-order chi connectivity index (χ0) is 20.6. The molecule has 29 heavy (non-hydrogen) atoms. The summed E-state index contributed by atoms with van der Waals surface area (Å²) in [4.78, 5) is 14.0. The van der Waals surface area contributed by atoms with Gasteiger partial charge in [-0.1, -0.05) is 29.8 Å². The summed E-state index contributed by atoms with van der Waals surface area (Å²) in [5.74, 6) is 0.961. The van der Waals surface area contributed by atoms with Crippen molar-refractivity contribution in [2.24, 2.45) is 0 Å². The Morgan fingerprint density at radius 1 is 0.931 bits per heavy atom. The SMILES string of the molecule is Cc1ccc(S(=O)(=O)N(C)c2nc(N3CCN(C)CC3)c3ccccc3n2)cc1. The van der Waals surface area contributed by atoms with Crippen LogP contribution in [0.1, 0.15) is 5.56 Å². The first-order valence-corrected chi connectivity index (χ1v) is 11.1. The molecule has 8 heteroatoms. The average Bonchev–Trinajstić information content (AvgIpc) is 2.73. The highest BCUT2D eigenvalue weighted by Gasteiger charge is 2.26. The summed E-state index contributed by atoms with van der Waals surface area (Å²) < 4.78 is 27.4. The van der Waals surface area contributed by atoms with Crippen molar-refractivity contribution in [2.75, 3.05) is 49.5 Å². The van der Waals surface area contributed by atoms with Gasteiger partial charge in [-0.25, -0.2) is 17.7 Å². The van der Waals surface area contributed by atoms with Gasteiger partial charge in [0.25, 0.3) is 10.0 Å². The Balaban J connectivity index is 1.78. The van der Waals surface area contributed by atoms with E-state index in [0.717, 1.165) is 48.5 Å². The standard InChI is InChI=1S/C21H25N5O2S/c1-16-8-10-17(11-9-16)29(27,28)25(3)21-22-19-7-5-4-6-18(19)20(23-21)26-14-12-24(2)13-15-26/h4-11H,12-15H2,1-3H3. The Kier molecular flexibility index (Phi) is 5.14.